The third kappa shape index (κ3) is 2.83. The molecule has 7 nitrogen and oxygen atoms in total. The number of carbonyl (C=O) groups excluding carboxylic acids is 1. The Labute approximate surface area is 116 Å². The molecule has 104 valence electrons. The second-order valence-corrected chi connectivity index (χ2v) is 4.95. The van der Waals surface area contributed by atoms with Gasteiger partial charge >= 0.3 is 0 Å². The molecule has 20 heavy (non-hydrogen) atoms. The monoisotopic (exact) mass is 272 g/mol. The smallest absolute Gasteiger partial charge is 0.251 e. The maximum absolute atomic E-state index is 12.1. The van der Waals surface area contributed by atoms with Gasteiger partial charge in [-0.25, -0.2) is 14.6 Å². The number of carbonyl (C=O) groups is 1. The molecule has 0 saturated heterocycles. The molecule has 1 atom stereocenters. The van der Waals surface area contributed by atoms with E-state index in [4.69, 9.17) is 5.73 Å². The number of nitrogens with zero attached hydrogens (tertiary/aromatic N) is 4. The molecular weight excluding hydrogens is 256 g/mol. The molecule has 3 N–H and O–H groups in total. The quantitative estimate of drug-likeness (QED) is 0.806. The van der Waals surface area contributed by atoms with Crippen molar-refractivity contribution in [3.63, 3.8) is 0 Å². The fourth-order valence-electron chi connectivity index (χ4n) is 2.02. The number of nitrogens with two attached hydrogens (primary N) is 1. The first-order valence-corrected chi connectivity index (χ1v) is 6.59. The van der Waals surface area contributed by atoms with Crippen LogP contribution in [0.3, 0.4) is 0 Å². The minimum Gasteiger partial charge on any atom is -0.350 e. The third-order valence-electron chi connectivity index (χ3n) is 3.39. The van der Waals surface area contributed by atoms with Crippen LogP contribution < -0.4 is 11.1 Å². The normalized spacial score (nSPS) is 15.8. The van der Waals surface area contributed by atoms with Gasteiger partial charge in [0.15, 0.2) is 5.82 Å². The first-order chi connectivity index (χ1) is 9.74. The summed E-state index contributed by atoms with van der Waals surface area (Å²) in [6, 6.07) is 3.39. The molecule has 1 amide bonds. The highest BCUT2D eigenvalue weighted by Crippen LogP contribution is 2.31. The average molecular weight is 272 g/mol. The summed E-state index contributed by atoms with van der Waals surface area (Å²) in [5.74, 6) is 0.977. The summed E-state index contributed by atoms with van der Waals surface area (Å²) < 4.78 is 1.51. The molecule has 0 aromatic carbocycles. The van der Waals surface area contributed by atoms with E-state index in [1.807, 2.05) is 0 Å². The summed E-state index contributed by atoms with van der Waals surface area (Å²) in [6.07, 6.45) is 6.87. The van der Waals surface area contributed by atoms with E-state index in [2.05, 4.69) is 20.4 Å². The van der Waals surface area contributed by atoms with Crippen LogP contribution in [0.5, 0.6) is 0 Å². The van der Waals surface area contributed by atoms with Gasteiger partial charge in [-0.1, -0.05) is 0 Å². The van der Waals surface area contributed by atoms with Gasteiger partial charge in [-0.2, -0.15) is 5.10 Å². The van der Waals surface area contributed by atoms with Crippen molar-refractivity contribution in [1.29, 1.82) is 0 Å². The summed E-state index contributed by atoms with van der Waals surface area (Å²) in [5, 5.41) is 6.84. The minimum absolute atomic E-state index is 0.0515. The minimum atomic E-state index is -0.148. The lowest BCUT2D eigenvalue weighted by molar-refractivity contribution is 0.0950. The van der Waals surface area contributed by atoms with E-state index in [-0.39, 0.29) is 11.9 Å². The Morgan fingerprint density at radius 2 is 2.40 bits per heavy atom. The van der Waals surface area contributed by atoms with Crippen molar-refractivity contribution in [3.8, 4) is 5.82 Å². The molecule has 7 heteroatoms. The first kappa shape index (κ1) is 12.7. The zero-order chi connectivity index (χ0) is 13.9. The summed E-state index contributed by atoms with van der Waals surface area (Å²) in [6.45, 7) is 0.504. The molecule has 2 aromatic heterocycles. The summed E-state index contributed by atoms with van der Waals surface area (Å²) >= 11 is 0. The number of nitrogens with one attached hydrogen (secondary N) is 1. The third-order valence-corrected chi connectivity index (χ3v) is 3.39. The zero-order valence-electron chi connectivity index (χ0n) is 10.9. The van der Waals surface area contributed by atoms with Crippen LogP contribution in [-0.2, 0) is 0 Å². The predicted molar refractivity (Wildman–Crippen MR) is 72.2 cm³/mol. The van der Waals surface area contributed by atoms with E-state index in [0.29, 0.717) is 23.8 Å². The molecular formula is C13H16N6O. The fourth-order valence-corrected chi connectivity index (χ4v) is 2.02. The van der Waals surface area contributed by atoms with E-state index < -0.39 is 0 Å². The van der Waals surface area contributed by atoms with Crippen LogP contribution in [0.15, 0.2) is 31.0 Å². The van der Waals surface area contributed by atoms with E-state index in [1.54, 1.807) is 18.3 Å². The highest BCUT2D eigenvalue weighted by Gasteiger charge is 2.28. The van der Waals surface area contributed by atoms with Gasteiger partial charge in [0, 0.05) is 24.3 Å². The molecule has 0 radical (unpaired) electrons. The second kappa shape index (κ2) is 5.38. The number of aromatic nitrogens is 4. The lowest BCUT2D eigenvalue weighted by Gasteiger charge is -2.11. The Hall–Kier alpha value is -2.28. The van der Waals surface area contributed by atoms with Crippen molar-refractivity contribution < 1.29 is 4.79 Å². The molecule has 0 spiro atoms. The largest absolute Gasteiger partial charge is 0.350 e. The van der Waals surface area contributed by atoms with Gasteiger partial charge in [0.05, 0.1) is 0 Å². The van der Waals surface area contributed by atoms with E-state index >= 15 is 0 Å². The number of hydrogen-bond donors (Lipinski definition) is 2. The van der Waals surface area contributed by atoms with E-state index in [9.17, 15) is 4.79 Å². The Morgan fingerprint density at radius 1 is 1.55 bits per heavy atom. The fraction of sp³-hybridized carbons (Fsp3) is 0.385. The van der Waals surface area contributed by atoms with Crippen LogP contribution in [0, 0.1) is 5.92 Å². The van der Waals surface area contributed by atoms with Gasteiger partial charge < -0.3 is 11.1 Å². The molecule has 1 unspecified atom stereocenters. The van der Waals surface area contributed by atoms with Crippen molar-refractivity contribution >= 4 is 5.91 Å². The molecule has 3 rings (SSSR count). The molecule has 2 heterocycles. The van der Waals surface area contributed by atoms with Crippen LogP contribution in [0.2, 0.25) is 0 Å². The number of rotatable bonds is 5. The van der Waals surface area contributed by atoms with Gasteiger partial charge in [-0.05, 0) is 30.9 Å². The summed E-state index contributed by atoms with van der Waals surface area (Å²) in [5.41, 5.74) is 6.50. The van der Waals surface area contributed by atoms with Crippen LogP contribution in [0.1, 0.15) is 23.2 Å². The van der Waals surface area contributed by atoms with Gasteiger partial charge in [-0.3, -0.25) is 4.79 Å². The van der Waals surface area contributed by atoms with E-state index in [1.165, 1.54) is 30.2 Å². The van der Waals surface area contributed by atoms with E-state index in [0.717, 1.165) is 0 Å². The topological polar surface area (TPSA) is 98.7 Å². The first-order valence-electron chi connectivity index (χ1n) is 6.59. The zero-order valence-corrected chi connectivity index (χ0v) is 10.9. The maximum Gasteiger partial charge on any atom is 0.251 e. The Balaban J connectivity index is 1.66. The van der Waals surface area contributed by atoms with Crippen molar-refractivity contribution in [2.24, 2.45) is 11.7 Å². The van der Waals surface area contributed by atoms with Crippen molar-refractivity contribution in [1.82, 2.24) is 25.1 Å². The molecule has 1 aliphatic rings. The maximum atomic E-state index is 12.1. The molecule has 2 aromatic rings. The lowest BCUT2D eigenvalue weighted by atomic mass is 10.2. The van der Waals surface area contributed by atoms with Crippen LogP contribution in [0.25, 0.3) is 5.82 Å². The Bertz CT molecular complexity index is 593. The van der Waals surface area contributed by atoms with Crippen molar-refractivity contribution in [2.45, 2.75) is 18.9 Å². The van der Waals surface area contributed by atoms with Gasteiger partial charge in [0.2, 0.25) is 0 Å². The Kier molecular flexibility index (Phi) is 3.42. The van der Waals surface area contributed by atoms with Crippen LogP contribution in [0.4, 0.5) is 0 Å². The second-order valence-electron chi connectivity index (χ2n) is 4.95. The molecule has 1 fully saturated rings. The highest BCUT2D eigenvalue weighted by atomic mass is 16.1. The molecule has 1 saturated carbocycles. The number of hydrogen-bond acceptors (Lipinski definition) is 5. The van der Waals surface area contributed by atoms with Gasteiger partial charge in [-0.15, -0.1) is 0 Å². The number of amides is 1. The number of pyridine rings is 1. The summed E-state index contributed by atoms with van der Waals surface area (Å²) in [4.78, 5) is 20.1. The average Bonchev–Trinajstić information content (AvgIpc) is 3.19. The Morgan fingerprint density at radius 3 is 3.10 bits per heavy atom. The SMILES string of the molecule is NC(CNC(=O)c1ccnc(-n2cncn2)c1)C1CC1. The predicted octanol–water partition coefficient (Wildman–Crippen LogP) is 0.129. The van der Waals surface area contributed by atoms with Gasteiger partial charge in [0.25, 0.3) is 5.91 Å². The van der Waals surface area contributed by atoms with Crippen LogP contribution in [-0.4, -0.2) is 38.2 Å². The lowest BCUT2D eigenvalue weighted by Crippen LogP contribution is -2.38. The van der Waals surface area contributed by atoms with Crippen molar-refractivity contribution in [2.75, 3.05) is 6.54 Å². The highest BCUT2D eigenvalue weighted by molar-refractivity contribution is 5.94. The standard InChI is InChI=1S/C13H16N6O/c14-11(9-1-2-9)6-17-13(20)10-3-4-16-12(5-10)19-8-15-7-18-19/h3-5,7-9,11H,1-2,6,14H2,(H,17,20). The summed E-state index contributed by atoms with van der Waals surface area (Å²) in [7, 11) is 0. The van der Waals surface area contributed by atoms with Crippen LogP contribution >= 0.6 is 0 Å². The van der Waals surface area contributed by atoms with Gasteiger partial charge in [0.1, 0.15) is 12.7 Å². The molecule has 1 aliphatic carbocycles. The molecule has 0 bridgehead atoms. The van der Waals surface area contributed by atoms with Crippen molar-refractivity contribution in [3.05, 3.63) is 36.5 Å². The molecule has 0 aliphatic heterocycles.